The normalized spacial score (nSPS) is 21.5. The van der Waals surface area contributed by atoms with Gasteiger partial charge in [0, 0.05) is 29.9 Å². The Morgan fingerprint density at radius 2 is 2.24 bits per heavy atom. The number of hydrogen-bond donors (Lipinski definition) is 0. The molecule has 1 spiro atoms. The fourth-order valence-electron chi connectivity index (χ4n) is 3.44. The summed E-state index contributed by atoms with van der Waals surface area (Å²) in [4.78, 5) is 21.0. The third-order valence-electron chi connectivity index (χ3n) is 4.99. The molecule has 4 heterocycles. The lowest BCUT2D eigenvalue weighted by molar-refractivity contribution is 0.0247. The maximum atomic E-state index is 12.6. The van der Waals surface area contributed by atoms with Crippen molar-refractivity contribution < 1.29 is 9.53 Å². The number of likely N-dealkylation sites (tertiary alicyclic amines) is 1. The molecule has 2 aliphatic heterocycles. The van der Waals surface area contributed by atoms with E-state index >= 15 is 0 Å². The predicted octanol–water partition coefficient (Wildman–Crippen LogP) is 3.68. The van der Waals surface area contributed by atoms with E-state index in [9.17, 15) is 4.79 Å². The van der Waals surface area contributed by atoms with E-state index in [0.29, 0.717) is 6.61 Å². The van der Waals surface area contributed by atoms with Crippen molar-refractivity contribution in [1.82, 2.24) is 9.88 Å². The Morgan fingerprint density at radius 1 is 1.40 bits per heavy atom. The number of thiophene rings is 1. The highest BCUT2D eigenvalue weighted by Gasteiger charge is 2.51. The molecule has 1 atom stereocenters. The average molecular weight is 375 g/mol. The van der Waals surface area contributed by atoms with Crippen LogP contribution in [-0.4, -0.2) is 45.5 Å². The smallest absolute Gasteiger partial charge is 0.264 e. The molecule has 0 unspecified atom stereocenters. The minimum absolute atomic E-state index is 0.185. The summed E-state index contributed by atoms with van der Waals surface area (Å²) in [6.45, 7) is 6.39. The van der Waals surface area contributed by atoms with E-state index in [1.165, 1.54) is 10.4 Å². The van der Waals surface area contributed by atoms with Gasteiger partial charge in [-0.25, -0.2) is 0 Å². The quantitative estimate of drug-likeness (QED) is 0.819. The highest BCUT2D eigenvalue weighted by molar-refractivity contribution is 8.01. The van der Waals surface area contributed by atoms with Gasteiger partial charge in [0.05, 0.1) is 28.0 Å². The summed E-state index contributed by atoms with van der Waals surface area (Å²) in [5.41, 5.74) is 2.18. The highest BCUT2D eigenvalue weighted by atomic mass is 32.2. The van der Waals surface area contributed by atoms with Crippen LogP contribution in [0.15, 0.2) is 30.5 Å². The van der Waals surface area contributed by atoms with Crippen molar-refractivity contribution in [2.24, 2.45) is 0 Å². The summed E-state index contributed by atoms with van der Waals surface area (Å²) in [6, 6.07) is 7.92. The summed E-state index contributed by atoms with van der Waals surface area (Å²) in [5.74, 6) is 1.19. The van der Waals surface area contributed by atoms with Gasteiger partial charge in [0.1, 0.15) is 0 Å². The van der Waals surface area contributed by atoms with Gasteiger partial charge < -0.3 is 9.64 Å². The van der Waals surface area contributed by atoms with E-state index in [1.54, 1.807) is 17.5 Å². The Bertz CT molecular complexity index is 749. The number of ether oxygens (including phenoxy) is 1. The summed E-state index contributed by atoms with van der Waals surface area (Å²) in [6.07, 6.45) is 3.08. The Morgan fingerprint density at radius 3 is 2.92 bits per heavy atom. The zero-order valence-corrected chi connectivity index (χ0v) is 16.2. The molecule has 25 heavy (non-hydrogen) atoms. The first-order chi connectivity index (χ1) is 12.0. The van der Waals surface area contributed by atoms with Crippen molar-refractivity contribution >= 4 is 29.0 Å². The van der Waals surface area contributed by atoms with Crippen molar-refractivity contribution in [2.45, 2.75) is 37.7 Å². The summed E-state index contributed by atoms with van der Waals surface area (Å²) in [5, 5.41) is 0. The molecule has 4 rings (SSSR count). The first-order valence-corrected chi connectivity index (χ1v) is 10.4. The van der Waals surface area contributed by atoms with Crippen LogP contribution in [0, 0.1) is 13.8 Å². The first-order valence-electron chi connectivity index (χ1n) is 8.56. The van der Waals surface area contributed by atoms with Crippen molar-refractivity contribution in [2.75, 3.05) is 18.8 Å². The zero-order valence-electron chi connectivity index (χ0n) is 14.5. The van der Waals surface area contributed by atoms with Crippen molar-refractivity contribution in [3.05, 3.63) is 51.5 Å². The molecule has 2 saturated heterocycles. The second-order valence-corrected chi connectivity index (χ2v) is 9.71. The van der Waals surface area contributed by atoms with Crippen LogP contribution >= 0.6 is 23.1 Å². The summed E-state index contributed by atoms with van der Waals surface area (Å²) < 4.78 is 6.24. The Hall–Kier alpha value is -1.37. The van der Waals surface area contributed by atoms with Crippen LogP contribution in [0.1, 0.15) is 32.2 Å². The topological polar surface area (TPSA) is 42.4 Å². The molecule has 6 heteroatoms. The monoisotopic (exact) mass is 374 g/mol. The number of rotatable bonds is 4. The van der Waals surface area contributed by atoms with Gasteiger partial charge in [-0.2, -0.15) is 0 Å². The number of pyridine rings is 1. The number of carbonyl (C=O) groups excluding carboxylic acids is 1. The molecule has 0 N–H and O–H groups in total. The van der Waals surface area contributed by atoms with E-state index in [0.717, 1.165) is 35.8 Å². The fraction of sp³-hybridized carbons (Fsp3) is 0.474. The van der Waals surface area contributed by atoms with E-state index in [4.69, 9.17) is 4.74 Å². The molecule has 0 aliphatic carbocycles. The molecular formula is C19H22N2O2S2. The maximum absolute atomic E-state index is 12.6. The number of thioether (sulfide) groups is 1. The Balaban J connectivity index is 1.29. The van der Waals surface area contributed by atoms with E-state index < -0.39 is 0 Å². The van der Waals surface area contributed by atoms with Gasteiger partial charge in [-0.15, -0.1) is 23.1 Å². The van der Waals surface area contributed by atoms with E-state index in [1.807, 2.05) is 40.9 Å². The molecule has 0 bridgehead atoms. The molecule has 0 saturated carbocycles. The molecule has 2 aromatic heterocycles. The van der Waals surface area contributed by atoms with Crippen LogP contribution in [0.2, 0.25) is 0 Å². The van der Waals surface area contributed by atoms with Crippen LogP contribution in [-0.2, 0) is 11.3 Å². The van der Waals surface area contributed by atoms with Gasteiger partial charge in [-0.05, 0) is 44.0 Å². The lowest BCUT2D eigenvalue weighted by Gasteiger charge is -2.47. The van der Waals surface area contributed by atoms with Crippen molar-refractivity contribution in [3.8, 4) is 0 Å². The van der Waals surface area contributed by atoms with E-state index in [2.05, 4.69) is 18.8 Å². The van der Waals surface area contributed by atoms with Gasteiger partial charge >= 0.3 is 0 Å². The molecule has 0 aromatic carbocycles. The molecule has 0 radical (unpaired) electrons. The van der Waals surface area contributed by atoms with Gasteiger partial charge in [0.25, 0.3) is 5.91 Å². The first kappa shape index (κ1) is 17.1. The Kier molecular flexibility index (Phi) is 4.60. The van der Waals surface area contributed by atoms with E-state index in [-0.39, 0.29) is 16.8 Å². The number of nitrogens with zero attached hydrogens (tertiary/aromatic N) is 2. The second kappa shape index (κ2) is 6.74. The third-order valence-corrected chi connectivity index (χ3v) is 7.71. The average Bonchev–Trinajstić information content (AvgIpc) is 3.16. The van der Waals surface area contributed by atoms with Crippen LogP contribution in [0.4, 0.5) is 0 Å². The van der Waals surface area contributed by atoms with Gasteiger partial charge in [0.15, 0.2) is 0 Å². The number of carbonyl (C=O) groups is 1. The van der Waals surface area contributed by atoms with Crippen molar-refractivity contribution in [3.63, 3.8) is 0 Å². The fourth-order valence-corrected chi connectivity index (χ4v) is 6.00. The molecule has 2 aromatic rings. The second-order valence-electron chi connectivity index (χ2n) is 6.96. The van der Waals surface area contributed by atoms with Crippen LogP contribution in [0.3, 0.4) is 0 Å². The summed E-state index contributed by atoms with van der Waals surface area (Å²) >= 11 is 3.57. The molecule has 132 valence electrons. The molecule has 1 amide bonds. The SMILES string of the molecule is Cc1cc(C(=O)N2CC3(C[C@H](OCc4ccccn4)CS3)C2)sc1C. The third kappa shape index (κ3) is 3.48. The summed E-state index contributed by atoms with van der Waals surface area (Å²) in [7, 11) is 0. The van der Waals surface area contributed by atoms with Crippen LogP contribution < -0.4 is 0 Å². The zero-order chi connectivity index (χ0) is 17.4. The highest BCUT2D eigenvalue weighted by Crippen LogP contribution is 2.46. The number of aryl methyl sites for hydroxylation is 2. The largest absolute Gasteiger partial charge is 0.371 e. The van der Waals surface area contributed by atoms with Crippen molar-refractivity contribution in [1.29, 1.82) is 0 Å². The molecule has 2 fully saturated rings. The molecule has 4 nitrogen and oxygen atoms in total. The van der Waals surface area contributed by atoms with Crippen LogP contribution in [0.25, 0.3) is 0 Å². The molecular weight excluding hydrogens is 352 g/mol. The lowest BCUT2D eigenvalue weighted by Crippen LogP contribution is -2.60. The predicted molar refractivity (Wildman–Crippen MR) is 102 cm³/mol. The van der Waals surface area contributed by atoms with Gasteiger partial charge in [-0.3, -0.25) is 9.78 Å². The number of amides is 1. The maximum Gasteiger partial charge on any atom is 0.264 e. The molecule has 2 aliphatic rings. The van der Waals surface area contributed by atoms with Crippen LogP contribution in [0.5, 0.6) is 0 Å². The lowest BCUT2D eigenvalue weighted by atomic mass is 9.92. The Labute approximate surface area is 156 Å². The minimum Gasteiger partial charge on any atom is -0.371 e. The van der Waals surface area contributed by atoms with Gasteiger partial charge in [0.2, 0.25) is 0 Å². The standard InChI is InChI=1S/C19H22N2O2S2/c1-13-7-17(25-14(13)2)18(22)21-11-19(12-21)8-16(10-24-19)23-9-15-5-3-4-6-20-15/h3-7,16H,8-12H2,1-2H3/t16-/m0/s1. The number of hydrogen-bond acceptors (Lipinski definition) is 5. The number of aromatic nitrogens is 1. The van der Waals surface area contributed by atoms with Gasteiger partial charge in [-0.1, -0.05) is 6.07 Å². The minimum atomic E-state index is 0.185.